The Labute approximate surface area is 133 Å². The monoisotopic (exact) mass is 341 g/mol. The third kappa shape index (κ3) is 17.6. The van der Waals surface area contributed by atoms with Crippen LogP contribution in [0.3, 0.4) is 0 Å². The second-order valence-corrected chi connectivity index (χ2v) is 6.44. The Morgan fingerprint density at radius 1 is 1.00 bits per heavy atom. The third-order valence-electron chi connectivity index (χ3n) is 2.97. The fourth-order valence-corrected chi connectivity index (χ4v) is 2.40. The van der Waals surface area contributed by atoms with E-state index in [1.165, 1.54) is 32.1 Å². The Morgan fingerprint density at radius 3 is 2.05 bits per heavy atom. The molecule has 0 atom stereocenters. The van der Waals surface area contributed by atoms with Gasteiger partial charge in [0.15, 0.2) is 0 Å². The molecule has 2 N–H and O–H groups in total. The molecule has 6 nitrogen and oxygen atoms in total. The number of hydrogen-bond acceptors (Lipinski definition) is 5. The average Bonchev–Trinajstić information content (AvgIpc) is 2.41. The molecule has 126 valence electrons. The van der Waals surface area contributed by atoms with Crippen LogP contribution in [0.2, 0.25) is 0 Å². The molecule has 8 heteroatoms. The number of thiol groups is 1. The summed E-state index contributed by atoms with van der Waals surface area (Å²) in [4.78, 5) is 11.4. The molecule has 0 radical (unpaired) electrons. The van der Waals surface area contributed by atoms with Crippen molar-refractivity contribution in [3.8, 4) is 0 Å². The van der Waals surface area contributed by atoms with Crippen molar-refractivity contribution in [3.05, 3.63) is 0 Å². The van der Waals surface area contributed by atoms with Crippen LogP contribution >= 0.6 is 12.6 Å². The standard InChI is InChI=1S/C13H27NO5S2/c15-13(14-10-11-19-21(16,17)18)9-7-5-3-1-2-4-6-8-12-20/h20H,1-12H2,(H,14,15)(H,16,17,18). The Bertz CT molecular complexity index is 360. The molecule has 0 aliphatic heterocycles. The van der Waals surface area contributed by atoms with Gasteiger partial charge in [0.2, 0.25) is 5.91 Å². The lowest BCUT2D eigenvalue weighted by molar-refractivity contribution is -0.121. The molecule has 0 unspecified atom stereocenters. The summed E-state index contributed by atoms with van der Waals surface area (Å²) in [6.45, 7) is -0.180. The zero-order valence-electron chi connectivity index (χ0n) is 12.4. The molecule has 0 aromatic rings. The Hall–Kier alpha value is -0.310. The predicted molar refractivity (Wildman–Crippen MR) is 85.9 cm³/mol. The first-order valence-electron chi connectivity index (χ1n) is 7.45. The second kappa shape index (κ2) is 13.4. The predicted octanol–water partition coefficient (Wildman–Crippen LogP) is 2.36. The summed E-state index contributed by atoms with van der Waals surface area (Å²) in [5.41, 5.74) is 0. The molecule has 1 amide bonds. The molecule has 0 saturated heterocycles. The Balaban J connectivity index is 3.27. The van der Waals surface area contributed by atoms with E-state index in [0.717, 1.165) is 25.0 Å². The van der Waals surface area contributed by atoms with Gasteiger partial charge in [0.25, 0.3) is 0 Å². The van der Waals surface area contributed by atoms with E-state index in [2.05, 4.69) is 22.1 Å². The highest BCUT2D eigenvalue weighted by Crippen LogP contribution is 2.09. The van der Waals surface area contributed by atoms with Crippen molar-refractivity contribution in [2.24, 2.45) is 0 Å². The summed E-state index contributed by atoms with van der Waals surface area (Å²) in [6.07, 6.45) is 9.58. The van der Waals surface area contributed by atoms with Crippen LogP contribution in [0.15, 0.2) is 0 Å². The van der Waals surface area contributed by atoms with Gasteiger partial charge in [-0.2, -0.15) is 21.0 Å². The van der Waals surface area contributed by atoms with Gasteiger partial charge in [0, 0.05) is 13.0 Å². The van der Waals surface area contributed by atoms with Crippen LogP contribution in [-0.4, -0.2) is 37.8 Å². The first-order valence-corrected chi connectivity index (χ1v) is 9.45. The molecule has 0 aliphatic rings. The number of nitrogens with one attached hydrogen (secondary N) is 1. The maximum atomic E-state index is 11.4. The molecule has 0 aliphatic carbocycles. The van der Waals surface area contributed by atoms with Crippen LogP contribution in [0.1, 0.15) is 57.8 Å². The molecule has 0 rings (SSSR count). The average molecular weight is 341 g/mol. The number of rotatable bonds is 14. The molecule has 0 spiro atoms. The van der Waals surface area contributed by atoms with E-state index >= 15 is 0 Å². The molecule has 0 saturated carbocycles. The minimum atomic E-state index is -4.41. The minimum Gasteiger partial charge on any atom is -0.354 e. The number of amides is 1. The van der Waals surface area contributed by atoms with Gasteiger partial charge in [-0.15, -0.1) is 0 Å². The van der Waals surface area contributed by atoms with Crippen molar-refractivity contribution in [1.29, 1.82) is 0 Å². The van der Waals surface area contributed by atoms with Crippen molar-refractivity contribution in [3.63, 3.8) is 0 Å². The number of unbranched alkanes of at least 4 members (excludes halogenated alkanes) is 7. The summed E-state index contributed by atoms with van der Waals surface area (Å²) in [7, 11) is -4.41. The molecular formula is C13H27NO5S2. The van der Waals surface area contributed by atoms with Crippen LogP contribution in [0, 0.1) is 0 Å². The highest BCUT2D eigenvalue weighted by atomic mass is 32.3. The van der Waals surface area contributed by atoms with Gasteiger partial charge < -0.3 is 5.32 Å². The maximum absolute atomic E-state index is 11.4. The molecule has 0 fully saturated rings. The van der Waals surface area contributed by atoms with E-state index in [4.69, 9.17) is 4.55 Å². The molecule has 0 bridgehead atoms. The van der Waals surface area contributed by atoms with Crippen molar-refractivity contribution >= 4 is 28.9 Å². The highest BCUT2D eigenvalue weighted by molar-refractivity contribution is 7.80. The number of carbonyl (C=O) groups excluding carboxylic acids is 1. The summed E-state index contributed by atoms with van der Waals surface area (Å²) < 4.78 is 32.9. The quantitative estimate of drug-likeness (QED) is 0.256. The van der Waals surface area contributed by atoms with Crippen molar-refractivity contribution in [1.82, 2.24) is 5.32 Å². The zero-order valence-corrected chi connectivity index (χ0v) is 14.1. The molecule has 0 heterocycles. The molecule has 21 heavy (non-hydrogen) atoms. The zero-order chi connectivity index (χ0) is 16.0. The maximum Gasteiger partial charge on any atom is 0.397 e. The van der Waals surface area contributed by atoms with E-state index in [9.17, 15) is 13.2 Å². The van der Waals surface area contributed by atoms with E-state index in [1.54, 1.807) is 0 Å². The van der Waals surface area contributed by atoms with Gasteiger partial charge in [-0.25, -0.2) is 4.18 Å². The lowest BCUT2D eigenvalue weighted by Gasteiger charge is -2.05. The van der Waals surface area contributed by atoms with Gasteiger partial charge in [-0.05, 0) is 18.6 Å². The largest absolute Gasteiger partial charge is 0.397 e. The third-order valence-corrected chi connectivity index (χ3v) is 3.75. The van der Waals surface area contributed by atoms with E-state index in [1.807, 2.05) is 0 Å². The fraction of sp³-hybridized carbons (Fsp3) is 0.923. The van der Waals surface area contributed by atoms with Gasteiger partial charge in [-0.1, -0.05) is 38.5 Å². The minimum absolute atomic E-state index is 0.0732. The van der Waals surface area contributed by atoms with Crippen molar-refractivity contribution in [2.75, 3.05) is 18.9 Å². The van der Waals surface area contributed by atoms with Gasteiger partial charge in [0.1, 0.15) is 0 Å². The molecule has 0 aromatic carbocycles. The van der Waals surface area contributed by atoms with Gasteiger partial charge in [0.05, 0.1) is 6.61 Å². The number of hydrogen-bond donors (Lipinski definition) is 3. The summed E-state index contributed by atoms with van der Waals surface area (Å²) in [6, 6.07) is 0. The lowest BCUT2D eigenvalue weighted by Crippen LogP contribution is -2.27. The van der Waals surface area contributed by atoms with E-state index < -0.39 is 10.4 Å². The number of carbonyl (C=O) groups is 1. The normalized spacial score (nSPS) is 11.5. The van der Waals surface area contributed by atoms with Crippen LogP contribution in [0.25, 0.3) is 0 Å². The van der Waals surface area contributed by atoms with E-state index in [-0.39, 0.29) is 19.1 Å². The Morgan fingerprint density at radius 2 is 1.52 bits per heavy atom. The topological polar surface area (TPSA) is 92.7 Å². The first kappa shape index (κ1) is 20.7. The fourth-order valence-electron chi connectivity index (χ4n) is 1.88. The van der Waals surface area contributed by atoms with Gasteiger partial charge >= 0.3 is 10.4 Å². The molecule has 0 aromatic heterocycles. The van der Waals surface area contributed by atoms with Crippen LogP contribution in [0.5, 0.6) is 0 Å². The van der Waals surface area contributed by atoms with Crippen LogP contribution in [0.4, 0.5) is 0 Å². The van der Waals surface area contributed by atoms with Gasteiger partial charge in [-0.3, -0.25) is 9.35 Å². The lowest BCUT2D eigenvalue weighted by atomic mass is 10.1. The van der Waals surface area contributed by atoms with Crippen LogP contribution < -0.4 is 5.32 Å². The molecular weight excluding hydrogens is 314 g/mol. The SMILES string of the molecule is O=C(CCCCCCCCCCS)NCCOS(=O)(=O)O. The summed E-state index contributed by atoms with van der Waals surface area (Å²) in [5, 5.41) is 2.53. The smallest absolute Gasteiger partial charge is 0.354 e. The van der Waals surface area contributed by atoms with E-state index in [0.29, 0.717) is 6.42 Å². The first-order chi connectivity index (χ1) is 9.95. The van der Waals surface area contributed by atoms with Crippen LogP contribution in [-0.2, 0) is 19.4 Å². The highest BCUT2D eigenvalue weighted by Gasteiger charge is 2.05. The second-order valence-electron chi connectivity index (χ2n) is 4.90. The van der Waals surface area contributed by atoms with Crippen molar-refractivity contribution in [2.45, 2.75) is 57.8 Å². The van der Waals surface area contributed by atoms with Crippen molar-refractivity contribution < 1.29 is 21.9 Å². The summed E-state index contributed by atoms with van der Waals surface area (Å²) >= 11 is 4.17. The summed E-state index contributed by atoms with van der Waals surface area (Å²) in [5.74, 6) is 0.840. The Kier molecular flexibility index (Phi) is 13.2.